The molecule has 140 valence electrons. The molecule has 0 saturated carbocycles. The minimum atomic E-state index is -3.98. The summed E-state index contributed by atoms with van der Waals surface area (Å²) in [6.07, 6.45) is 0. The van der Waals surface area contributed by atoms with Crippen molar-refractivity contribution < 1.29 is 17.9 Å². The molecule has 0 bridgehead atoms. The van der Waals surface area contributed by atoms with E-state index < -0.39 is 22.0 Å². The minimum absolute atomic E-state index is 0.0413. The molecule has 0 aliphatic heterocycles. The summed E-state index contributed by atoms with van der Waals surface area (Å²) in [6.45, 7) is 3.18. The second kappa shape index (κ2) is 8.26. The van der Waals surface area contributed by atoms with Gasteiger partial charge in [0.1, 0.15) is 10.6 Å². The summed E-state index contributed by atoms with van der Waals surface area (Å²) < 4.78 is 32.7. The number of halogens is 2. The zero-order valence-corrected chi connectivity index (χ0v) is 16.7. The highest BCUT2D eigenvalue weighted by Gasteiger charge is 2.25. The van der Waals surface area contributed by atoms with Crippen LogP contribution >= 0.6 is 23.2 Å². The standard InChI is InChI=1S/C17H18Cl2N2O4S/c1-10-7-8-14(25-3)15(9-10)26(23,24)21-11(2)17(22)20-13-6-4-5-12(18)16(13)19/h4-9,11,21H,1-3H3,(H,20,22)/t11-/m1/s1. The van der Waals surface area contributed by atoms with E-state index in [9.17, 15) is 13.2 Å². The van der Waals surface area contributed by atoms with E-state index in [1.807, 2.05) is 0 Å². The molecule has 0 heterocycles. The molecule has 0 aliphatic rings. The highest BCUT2D eigenvalue weighted by atomic mass is 35.5. The van der Waals surface area contributed by atoms with Gasteiger partial charge in [0.15, 0.2) is 0 Å². The lowest BCUT2D eigenvalue weighted by molar-refractivity contribution is -0.117. The molecule has 0 radical (unpaired) electrons. The van der Waals surface area contributed by atoms with Crippen LogP contribution in [0.4, 0.5) is 5.69 Å². The maximum Gasteiger partial charge on any atom is 0.244 e. The van der Waals surface area contributed by atoms with Crippen LogP contribution in [-0.4, -0.2) is 27.5 Å². The first-order valence-electron chi connectivity index (χ1n) is 7.57. The number of ether oxygens (including phenoxy) is 1. The first-order valence-corrected chi connectivity index (χ1v) is 9.81. The lowest BCUT2D eigenvalue weighted by Crippen LogP contribution is -2.41. The molecule has 0 aromatic heterocycles. The number of rotatable bonds is 6. The number of aryl methyl sites for hydroxylation is 1. The Balaban J connectivity index is 2.20. The largest absolute Gasteiger partial charge is 0.495 e. The second-order valence-corrected chi connectivity index (χ2v) is 8.06. The van der Waals surface area contributed by atoms with Gasteiger partial charge in [-0.2, -0.15) is 4.72 Å². The molecule has 0 spiro atoms. The van der Waals surface area contributed by atoms with E-state index in [1.54, 1.807) is 37.3 Å². The van der Waals surface area contributed by atoms with E-state index >= 15 is 0 Å². The van der Waals surface area contributed by atoms with Gasteiger partial charge in [-0.3, -0.25) is 4.79 Å². The monoisotopic (exact) mass is 416 g/mol. The van der Waals surface area contributed by atoms with Crippen LogP contribution in [0.2, 0.25) is 10.0 Å². The van der Waals surface area contributed by atoms with Crippen LogP contribution in [0.25, 0.3) is 0 Å². The average molecular weight is 417 g/mol. The van der Waals surface area contributed by atoms with Gasteiger partial charge in [0.05, 0.1) is 28.9 Å². The van der Waals surface area contributed by atoms with E-state index in [0.29, 0.717) is 5.69 Å². The van der Waals surface area contributed by atoms with Crippen LogP contribution in [0.1, 0.15) is 12.5 Å². The molecule has 0 aliphatic carbocycles. The van der Waals surface area contributed by atoms with Crippen molar-refractivity contribution in [1.29, 1.82) is 0 Å². The fourth-order valence-electron chi connectivity index (χ4n) is 2.18. The lowest BCUT2D eigenvalue weighted by Gasteiger charge is -2.17. The zero-order valence-electron chi connectivity index (χ0n) is 14.3. The van der Waals surface area contributed by atoms with Crippen molar-refractivity contribution in [2.24, 2.45) is 0 Å². The van der Waals surface area contributed by atoms with Crippen molar-refractivity contribution in [2.75, 3.05) is 12.4 Å². The van der Waals surface area contributed by atoms with Crippen LogP contribution in [-0.2, 0) is 14.8 Å². The molecule has 1 atom stereocenters. The number of hydrogen-bond donors (Lipinski definition) is 2. The number of hydrogen-bond acceptors (Lipinski definition) is 4. The normalized spacial score (nSPS) is 12.5. The smallest absolute Gasteiger partial charge is 0.244 e. The number of sulfonamides is 1. The molecular weight excluding hydrogens is 399 g/mol. The second-order valence-electron chi connectivity index (χ2n) is 5.59. The highest BCUT2D eigenvalue weighted by Crippen LogP contribution is 2.29. The van der Waals surface area contributed by atoms with E-state index in [4.69, 9.17) is 27.9 Å². The van der Waals surface area contributed by atoms with E-state index in [-0.39, 0.29) is 20.7 Å². The third kappa shape index (κ3) is 4.67. The van der Waals surface area contributed by atoms with Crippen molar-refractivity contribution in [1.82, 2.24) is 4.72 Å². The third-order valence-electron chi connectivity index (χ3n) is 3.54. The molecule has 0 fully saturated rings. The van der Waals surface area contributed by atoms with Gasteiger partial charge in [-0.15, -0.1) is 0 Å². The molecule has 26 heavy (non-hydrogen) atoms. The summed E-state index contributed by atoms with van der Waals surface area (Å²) in [6, 6.07) is 8.47. The van der Waals surface area contributed by atoms with Gasteiger partial charge >= 0.3 is 0 Å². The van der Waals surface area contributed by atoms with Gasteiger partial charge in [-0.1, -0.05) is 35.3 Å². The quantitative estimate of drug-likeness (QED) is 0.752. The maximum atomic E-state index is 12.6. The van der Waals surface area contributed by atoms with Crippen LogP contribution in [0.15, 0.2) is 41.3 Å². The summed E-state index contributed by atoms with van der Waals surface area (Å²) in [7, 11) is -2.60. The van der Waals surface area contributed by atoms with Crippen LogP contribution < -0.4 is 14.8 Å². The SMILES string of the molecule is COc1ccc(C)cc1S(=O)(=O)N[C@H](C)C(=O)Nc1cccc(Cl)c1Cl. The number of methoxy groups -OCH3 is 1. The Morgan fingerprint density at radius 2 is 1.88 bits per heavy atom. The average Bonchev–Trinajstić information content (AvgIpc) is 2.58. The fourth-order valence-corrected chi connectivity index (χ4v) is 3.99. The van der Waals surface area contributed by atoms with Gasteiger partial charge in [0.25, 0.3) is 0 Å². The number of nitrogens with one attached hydrogen (secondary N) is 2. The zero-order chi connectivity index (χ0) is 19.5. The summed E-state index contributed by atoms with van der Waals surface area (Å²) in [5, 5.41) is 3.01. The minimum Gasteiger partial charge on any atom is -0.495 e. The number of benzene rings is 2. The van der Waals surface area contributed by atoms with Crippen molar-refractivity contribution >= 4 is 44.8 Å². The molecule has 2 rings (SSSR count). The molecular formula is C17H18Cl2N2O4S. The highest BCUT2D eigenvalue weighted by molar-refractivity contribution is 7.89. The van der Waals surface area contributed by atoms with Crippen LogP contribution in [0.5, 0.6) is 5.75 Å². The molecule has 2 N–H and O–H groups in total. The van der Waals surface area contributed by atoms with Gasteiger partial charge < -0.3 is 10.1 Å². The Kier molecular flexibility index (Phi) is 6.52. The Bertz CT molecular complexity index is 932. The molecule has 0 unspecified atom stereocenters. The van der Waals surface area contributed by atoms with Gasteiger partial charge in [-0.05, 0) is 43.7 Å². The molecule has 9 heteroatoms. The molecule has 0 saturated heterocycles. The summed E-state index contributed by atoms with van der Waals surface area (Å²) in [5.41, 5.74) is 1.04. The van der Waals surface area contributed by atoms with Crippen molar-refractivity contribution in [3.63, 3.8) is 0 Å². The van der Waals surface area contributed by atoms with Gasteiger partial charge in [-0.25, -0.2) is 8.42 Å². The Morgan fingerprint density at radius 1 is 1.19 bits per heavy atom. The number of anilines is 1. The summed E-state index contributed by atoms with van der Waals surface area (Å²) in [5.74, 6) is -0.391. The van der Waals surface area contributed by atoms with Gasteiger partial charge in [0, 0.05) is 0 Å². The predicted molar refractivity (Wildman–Crippen MR) is 103 cm³/mol. The Morgan fingerprint density at radius 3 is 2.54 bits per heavy atom. The fraction of sp³-hybridized carbons (Fsp3) is 0.235. The van der Waals surface area contributed by atoms with Gasteiger partial charge in [0.2, 0.25) is 15.9 Å². The van der Waals surface area contributed by atoms with E-state index in [1.165, 1.54) is 20.1 Å². The molecule has 6 nitrogen and oxygen atoms in total. The van der Waals surface area contributed by atoms with Crippen molar-refractivity contribution in [3.8, 4) is 5.75 Å². The third-order valence-corrected chi connectivity index (χ3v) is 5.92. The number of carbonyl (C=O) groups is 1. The number of amides is 1. The predicted octanol–water partition coefficient (Wildman–Crippen LogP) is 3.62. The summed E-state index contributed by atoms with van der Waals surface area (Å²) >= 11 is 11.9. The Hall–Kier alpha value is -1.80. The van der Waals surface area contributed by atoms with Crippen molar-refractivity contribution in [2.45, 2.75) is 24.8 Å². The molecule has 2 aromatic rings. The topological polar surface area (TPSA) is 84.5 Å². The summed E-state index contributed by atoms with van der Waals surface area (Å²) in [4.78, 5) is 12.3. The van der Waals surface area contributed by atoms with Crippen LogP contribution in [0, 0.1) is 6.92 Å². The van der Waals surface area contributed by atoms with Crippen LogP contribution in [0.3, 0.4) is 0 Å². The maximum absolute atomic E-state index is 12.6. The van der Waals surface area contributed by atoms with Crippen molar-refractivity contribution in [3.05, 3.63) is 52.0 Å². The first-order chi connectivity index (χ1) is 12.2. The Labute approximate surface area is 162 Å². The molecule has 2 aromatic carbocycles. The lowest BCUT2D eigenvalue weighted by atomic mass is 10.2. The molecule has 1 amide bonds. The first kappa shape index (κ1) is 20.5. The van der Waals surface area contributed by atoms with E-state index in [2.05, 4.69) is 10.0 Å². The number of carbonyl (C=O) groups excluding carboxylic acids is 1. The van der Waals surface area contributed by atoms with E-state index in [0.717, 1.165) is 5.56 Å².